The van der Waals surface area contributed by atoms with Crippen molar-refractivity contribution in [3.8, 4) is 0 Å². The van der Waals surface area contributed by atoms with E-state index in [0.29, 0.717) is 0 Å². The molecule has 0 aromatic carbocycles. The van der Waals surface area contributed by atoms with Gasteiger partial charge in [0.2, 0.25) is 0 Å². The number of rotatable bonds is 3. The number of nitrogens with zero attached hydrogens (tertiary/aromatic N) is 1. The van der Waals surface area contributed by atoms with Crippen LogP contribution in [0.25, 0.3) is 0 Å². The second kappa shape index (κ2) is 3.76. The number of nitrogens with one attached hydrogen (secondary N) is 1. The van der Waals surface area contributed by atoms with E-state index in [1.54, 1.807) is 0 Å². The minimum absolute atomic E-state index is 0.0194. The number of hydrogen-bond donors (Lipinski definition) is 3. The molecule has 1 aromatic rings. The predicted molar refractivity (Wildman–Crippen MR) is 58.8 cm³/mol. The summed E-state index contributed by atoms with van der Waals surface area (Å²) in [6.07, 6.45) is -3.29. The molecular formula is C10H11F3N4O. The van der Waals surface area contributed by atoms with E-state index in [4.69, 9.17) is 11.5 Å². The van der Waals surface area contributed by atoms with Crippen LogP contribution in [0, 0.1) is 0 Å². The highest BCUT2D eigenvalue weighted by atomic mass is 19.4. The number of anilines is 2. The zero-order chi connectivity index (χ0) is 13.6. The molecule has 8 heteroatoms. The summed E-state index contributed by atoms with van der Waals surface area (Å²) in [5.41, 5.74) is 8.54. The second-order valence-electron chi connectivity index (χ2n) is 4.23. The molecule has 0 spiro atoms. The highest BCUT2D eigenvalue weighted by molar-refractivity contribution is 5.98. The summed E-state index contributed by atoms with van der Waals surface area (Å²) in [7, 11) is 0. The lowest BCUT2D eigenvalue weighted by atomic mass is 10.2. The first-order valence-corrected chi connectivity index (χ1v) is 5.15. The molecule has 98 valence electrons. The topological polar surface area (TPSA) is 94.0 Å². The Morgan fingerprint density at radius 2 is 2.06 bits per heavy atom. The third-order valence-corrected chi connectivity index (χ3v) is 2.86. The SMILES string of the molecule is NC(=O)c1cc(NC2(C(F)(F)F)CC2)ncc1N. The fourth-order valence-electron chi connectivity index (χ4n) is 1.60. The van der Waals surface area contributed by atoms with E-state index in [1.165, 1.54) is 0 Å². The minimum atomic E-state index is -4.36. The first kappa shape index (κ1) is 12.5. The summed E-state index contributed by atoms with van der Waals surface area (Å²) >= 11 is 0. The van der Waals surface area contributed by atoms with Crippen LogP contribution >= 0.6 is 0 Å². The van der Waals surface area contributed by atoms with Gasteiger partial charge in [-0.05, 0) is 18.9 Å². The lowest BCUT2D eigenvalue weighted by Crippen LogP contribution is -2.39. The largest absolute Gasteiger partial charge is 0.411 e. The Bertz CT molecular complexity index is 496. The molecule has 0 bridgehead atoms. The molecule has 1 aliphatic carbocycles. The van der Waals surface area contributed by atoms with Gasteiger partial charge in [-0.15, -0.1) is 0 Å². The monoisotopic (exact) mass is 260 g/mol. The van der Waals surface area contributed by atoms with Crippen LogP contribution in [0.5, 0.6) is 0 Å². The maximum Gasteiger partial charge on any atom is 0.411 e. The van der Waals surface area contributed by atoms with Gasteiger partial charge in [0, 0.05) is 0 Å². The standard InChI is InChI=1S/C10H11F3N4O/c11-10(12,13)9(1-2-9)17-7-3-5(8(15)18)6(14)4-16-7/h3-4H,1-2,14H2,(H2,15,18)(H,16,17). The molecule has 0 radical (unpaired) electrons. The zero-order valence-electron chi connectivity index (χ0n) is 9.21. The molecule has 0 aliphatic heterocycles. The molecule has 1 saturated carbocycles. The number of amides is 1. The van der Waals surface area contributed by atoms with Crippen molar-refractivity contribution >= 4 is 17.4 Å². The normalized spacial score (nSPS) is 17.3. The number of carbonyl (C=O) groups is 1. The Morgan fingerprint density at radius 3 is 2.50 bits per heavy atom. The number of halogens is 3. The van der Waals surface area contributed by atoms with Gasteiger partial charge in [-0.2, -0.15) is 13.2 Å². The maximum absolute atomic E-state index is 12.7. The highest BCUT2D eigenvalue weighted by Gasteiger charge is 2.63. The van der Waals surface area contributed by atoms with Crippen molar-refractivity contribution in [3.05, 3.63) is 17.8 Å². The van der Waals surface area contributed by atoms with Crippen molar-refractivity contribution in [1.29, 1.82) is 0 Å². The van der Waals surface area contributed by atoms with Crippen LogP contribution in [0.1, 0.15) is 23.2 Å². The smallest absolute Gasteiger partial charge is 0.397 e. The Labute approximate surface area is 100 Å². The van der Waals surface area contributed by atoms with E-state index in [9.17, 15) is 18.0 Å². The molecule has 0 atom stereocenters. The zero-order valence-corrected chi connectivity index (χ0v) is 9.21. The fourth-order valence-corrected chi connectivity index (χ4v) is 1.60. The van der Waals surface area contributed by atoms with Gasteiger partial charge in [0.15, 0.2) is 0 Å². The van der Waals surface area contributed by atoms with Crippen molar-refractivity contribution in [2.45, 2.75) is 24.6 Å². The van der Waals surface area contributed by atoms with Crippen molar-refractivity contribution in [2.75, 3.05) is 11.1 Å². The van der Waals surface area contributed by atoms with Crippen LogP contribution < -0.4 is 16.8 Å². The lowest BCUT2D eigenvalue weighted by molar-refractivity contribution is -0.151. The van der Waals surface area contributed by atoms with Crippen molar-refractivity contribution in [3.63, 3.8) is 0 Å². The number of pyridine rings is 1. The van der Waals surface area contributed by atoms with Crippen LogP contribution in [0.3, 0.4) is 0 Å². The third kappa shape index (κ3) is 2.05. The molecule has 5 N–H and O–H groups in total. The Balaban J connectivity index is 2.26. The van der Waals surface area contributed by atoms with Gasteiger partial charge in [-0.3, -0.25) is 4.79 Å². The molecule has 2 rings (SSSR count). The first-order valence-electron chi connectivity index (χ1n) is 5.15. The summed E-state index contributed by atoms with van der Waals surface area (Å²) in [6, 6.07) is 1.13. The van der Waals surface area contributed by atoms with E-state index >= 15 is 0 Å². The molecular weight excluding hydrogens is 249 g/mol. The molecule has 1 heterocycles. The van der Waals surface area contributed by atoms with Gasteiger partial charge >= 0.3 is 6.18 Å². The Morgan fingerprint density at radius 1 is 1.44 bits per heavy atom. The van der Waals surface area contributed by atoms with Crippen molar-refractivity contribution in [1.82, 2.24) is 4.98 Å². The average molecular weight is 260 g/mol. The second-order valence-corrected chi connectivity index (χ2v) is 4.23. The molecule has 1 amide bonds. The summed E-state index contributed by atoms with van der Waals surface area (Å²) in [5, 5.41) is 2.29. The van der Waals surface area contributed by atoms with Gasteiger partial charge < -0.3 is 16.8 Å². The van der Waals surface area contributed by atoms with E-state index < -0.39 is 17.6 Å². The highest BCUT2D eigenvalue weighted by Crippen LogP contribution is 2.51. The molecule has 0 saturated heterocycles. The fraction of sp³-hybridized carbons (Fsp3) is 0.400. The number of hydrogen-bond acceptors (Lipinski definition) is 4. The van der Waals surface area contributed by atoms with Crippen molar-refractivity contribution in [2.24, 2.45) is 5.73 Å². The van der Waals surface area contributed by atoms with E-state index in [0.717, 1.165) is 12.3 Å². The van der Waals surface area contributed by atoms with Gasteiger partial charge in [-0.1, -0.05) is 0 Å². The average Bonchev–Trinajstić information content (AvgIpc) is 3.00. The number of primary amides is 1. The van der Waals surface area contributed by atoms with Gasteiger partial charge in [0.25, 0.3) is 5.91 Å². The minimum Gasteiger partial charge on any atom is -0.397 e. The lowest BCUT2D eigenvalue weighted by Gasteiger charge is -2.21. The molecule has 5 nitrogen and oxygen atoms in total. The van der Waals surface area contributed by atoms with Gasteiger partial charge in [-0.25, -0.2) is 4.98 Å². The molecule has 1 aliphatic rings. The Kier molecular flexibility index (Phi) is 2.60. The van der Waals surface area contributed by atoms with Gasteiger partial charge in [0.1, 0.15) is 11.4 Å². The number of alkyl halides is 3. The van der Waals surface area contributed by atoms with E-state index in [1.807, 2.05) is 0 Å². The quantitative estimate of drug-likeness (QED) is 0.762. The van der Waals surface area contributed by atoms with E-state index in [-0.39, 0.29) is 29.9 Å². The van der Waals surface area contributed by atoms with Crippen molar-refractivity contribution < 1.29 is 18.0 Å². The molecule has 1 aromatic heterocycles. The summed E-state index contributed by atoms with van der Waals surface area (Å²) in [4.78, 5) is 14.7. The van der Waals surface area contributed by atoms with Crippen LogP contribution in [-0.4, -0.2) is 22.6 Å². The third-order valence-electron chi connectivity index (χ3n) is 2.86. The first-order chi connectivity index (χ1) is 8.25. The molecule has 1 fully saturated rings. The van der Waals surface area contributed by atoms with Gasteiger partial charge in [0.05, 0.1) is 17.4 Å². The Hall–Kier alpha value is -1.99. The summed E-state index contributed by atoms with van der Waals surface area (Å²) in [5.74, 6) is -0.873. The van der Waals surface area contributed by atoms with Crippen LogP contribution in [0.2, 0.25) is 0 Å². The number of carbonyl (C=O) groups excluding carboxylic acids is 1. The summed E-state index contributed by atoms with van der Waals surface area (Å²) < 4.78 is 38.1. The van der Waals surface area contributed by atoms with Crippen LogP contribution in [0.4, 0.5) is 24.7 Å². The van der Waals surface area contributed by atoms with E-state index in [2.05, 4.69) is 10.3 Å². The number of nitrogen functional groups attached to an aromatic ring is 1. The number of aromatic nitrogens is 1. The van der Waals surface area contributed by atoms with Crippen LogP contribution in [-0.2, 0) is 0 Å². The molecule has 18 heavy (non-hydrogen) atoms. The summed E-state index contributed by atoms with van der Waals surface area (Å²) in [6.45, 7) is 0. The molecule has 0 unspecified atom stereocenters. The van der Waals surface area contributed by atoms with Crippen LogP contribution in [0.15, 0.2) is 12.3 Å². The predicted octanol–water partition coefficient (Wildman–Crippen LogP) is 1.27. The number of nitrogens with two attached hydrogens (primary N) is 2. The maximum atomic E-state index is 12.7.